The van der Waals surface area contributed by atoms with E-state index in [4.69, 9.17) is 5.73 Å². The largest absolute Gasteiger partial charge is 0.342 e. The summed E-state index contributed by atoms with van der Waals surface area (Å²) in [6.07, 6.45) is 6.98. The summed E-state index contributed by atoms with van der Waals surface area (Å²) in [5, 5.41) is 0. The molecule has 0 radical (unpaired) electrons. The van der Waals surface area contributed by atoms with Crippen LogP contribution >= 0.6 is 0 Å². The number of hydrogen-bond donors (Lipinski definition) is 1. The Hall–Kier alpha value is -0.610. The summed E-state index contributed by atoms with van der Waals surface area (Å²) in [7, 11) is 0. The molecule has 3 fully saturated rings. The number of amides is 1. The van der Waals surface area contributed by atoms with Crippen molar-refractivity contribution in [3.63, 3.8) is 0 Å². The minimum Gasteiger partial charge on any atom is -0.342 e. The molecule has 3 aliphatic rings. The molecule has 108 valence electrons. The van der Waals surface area contributed by atoms with E-state index in [1.165, 1.54) is 38.8 Å². The van der Waals surface area contributed by atoms with Crippen molar-refractivity contribution in [2.45, 2.75) is 44.6 Å². The highest BCUT2D eigenvalue weighted by atomic mass is 16.2. The summed E-state index contributed by atoms with van der Waals surface area (Å²) in [6, 6.07) is 0.329. The van der Waals surface area contributed by atoms with Crippen LogP contribution in [0.2, 0.25) is 0 Å². The summed E-state index contributed by atoms with van der Waals surface area (Å²) in [6.45, 7) is 5.21. The molecule has 3 unspecified atom stereocenters. The lowest BCUT2D eigenvalue weighted by molar-refractivity contribution is -0.130. The fraction of sp³-hybridized carbons (Fsp3) is 0.933. The molecule has 0 aromatic carbocycles. The van der Waals surface area contributed by atoms with E-state index in [0.29, 0.717) is 30.2 Å². The number of nitrogens with two attached hydrogens (primary N) is 1. The highest BCUT2D eigenvalue weighted by Gasteiger charge is 2.40. The van der Waals surface area contributed by atoms with Crippen molar-refractivity contribution in [3.8, 4) is 0 Å². The SMILES string of the molecule is NC1CCCC2CN(C(=O)CCN3CCCC3)CC12. The van der Waals surface area contributed by atoms with Crippen LogP contribution in [-0.4, -0.2) is 54.5 Å². The number of carbonyl (C=O) groups is 1. The second kappa shape index (κ2) is 5.80. The molecule has 3 atom stereocenters. The van der Waals surface area contributed by atoms with E-state index in [1.807, 2.05) is 0 Å². The van der Waals surface area contributed by atoms with Crippen LogP contribution in [0.5, 0.6) is 0 Å². The molecule has 2 heterocycles. The van der Waals surface area contributed by atoms with Crippen LogP contribution in [0.3, 0.4) is 0 Å². The van der Waals surface area contributed by atoms with Gasteiger partial charge in [0.2, 0.25) is 5.91 Å². The maximum atomic E-state index is 12.3. The van der Waals surface area contributed by atoms with Gasteiger partial charge in [-0.05, 0) is 50.6 Å². The van der Waals surface area contributed by atoms with E-state index in [0.717, 1.165) is 26.1 Å². The molecule has 3 rings (SSSR count). The van der Waals surface area contributed by atoms with E-state index >= 15 is 0 Å². The summed E-state index contributed by atoms with van der Waals surface area (Å²) in [4.78, 5) is 16.8. The first-order valence-corrected chi connectivity index (χ1v) is 8.00. The van der Waals surface area contributed by atoms with Crippen molar-refractivity contribution in [3.05, 3.63) is 0 Å². The Kier molecular flexibility index (Phi) is 4.08. The minimum absolute atomic E-state index is 0.329. The first kappa shape index (κ1) is 13.4. The van der Waals surface area contributed by atoms with E-state index in [2.05, 4.69) is 9.80 Å². The van der Waals surface area contributed by atoms with Crippen LogP contribution in [0.25, 0.3) is 0 Å². The monoisotopic (exact) mass is 265 g/mol. The first-order chi connectivity index (χ1) is 9.24. The third kappa shape index (κ3) is 2.95. The Labute approximate surface area is 116 Å². The van der Waals surface area contributed by atoms with E-state index in [1.54, 1.807) is 0 Å². The smallest absolute Gasteiger partial charge is 0.223 e. The van der Waals surface area contributed by atoms with Gasteiger partial charge in [0.15, 0.2) is 0 Å². The maximum Gasteiger partial charge on any atom is 0.223 e. The van der Waals surface area contributed by atoms with E-state index in [-0.39, 0.29) is 0 Å². The molecule has 0 aromatic rings. The fourth-order valence-corrected chi connectivity index (χ4v) is 4.14. The average Bonchev–Trinajstić information content (AvgIpc) is 3.05. The lowest BCUT2D eigenvalue weighted by Gasteiger charge is -2.29. The van der Waals surface area contributed by atoms with Gasteiger partial charge >= 0.3 is 0 Å². The Morgan fingerprint density at radius 3 is 2.63 bits per heavy atom. The summed E-state index contributed by atoms with van der Waals surface area (Å²) in [5.74, 6) is 1.61. The fourth-order valence-electron chi connectivity index (χ4n) is 4.14. The molecule has 1 saturated carbocycles. The Morgan fingerprint density at radius 1 is 1.11 bits per heavy atom. The zero-order valence-corrected chi connectivity index (χ0v) is 11.9. The molecule has 19 heavy (non-hydrogen) atoms. The molecule has 0 bridgehead atoms. The number of nitrogens with zero attached hydrogens (tertiary/aromatic N) is 2. The van der Waals surface area contributed by atoms with Crippen molar-refractivity contribution >= 4 is 5.91 Å². The van der Waals surface area contributed by atoms with Crippen molar-refractivity contribution in [1.29, 1.82) is 0 Å². The summed E-state index contributed by atoms with van der Waals surface area (Å²) >= 11 is 0. The lowest BCUT2D eigenvalue weighted by Crippen LogP contribution is -2.38. The van der Waals surface area contributed by atoms with Crippen LogP contribution in [0, 0.1) is 11.8 Å². The second-order valence-corrected chi connectivity index (χ2v) is 6.62. The van der Waals surface area contributed by atoms with Gasteiger partial charge in [0.05, 0.1) is 0 Å². The molecular weight excluding hydrogens is 238 g/mol. The highest BCUT2D eigenvalue weighted by molar-refractivity contribution is 5.76. The molecule has 0 spiro atoms. The topological polar surface area (TPSA) is 49.6 Å². The van der Waals surface area contributed by atoms with Gasteiger partial charge in [0.1, 0.15) is 0 Å². The Morgan fingerprint density at radius 2 is 1.89 bits per heavy atom. The van der Waals surface area contributed by atoms with Gasteiger partial charge in [-0.2, -0.15) is 0 Å². The first-order valence-electron chi connectivity index (χ1n) is 8.00. The molecule has 2 saturated heterocycles. The second-order valence-electron chi connectivity index (χ2n) is 6.62. The van der Waals surface area contributed by atoms with E-state index in [9.17, 15) is 4.79 Å². The number of carbonyl (C=O) groups excluding carboxylic acids is 1. The zero-order chi connectivity index (χ0) is 13.2. The van der Waals surface area contributed by atoms with Crippen molar-refractivity contribution < 1.29 is 4.79 Å². The Bertz CT molecular complexity index is 327. The van der Waals surface area contributed by atoms with Gasteiger partial charge in [-0.3, -0.25) is 4.79 Å². The van der Waals surface area contributed by atoms with E-state index < -0.39 is 0 Å². The van der Waals surface area contributed by atoms with Crippen molar-refractivity contribution in [2.24, 2.45) is 17.6 Å². The van der Waals surface area contributed by atoms with Crippen LogP contribution in [-0.2, 0) is 4.79 Å². The Balaban J connectivity index is 1.48. The summed E-state index contributed by atoms with van der Waals surface area (Å²) < 4.78 is 0. The van der Waals surface area contributed by atoms with Gasteiger partial charge < -0.3 is 15.5 Å². The molecule has 0 aromatic heterocycles. The molecular formula is C15H27N3O. The van der Waals surface area contributed by atoms with Crippen LogP contribution in [0.4, 0.5) is 0 Å². The lowest BCUT2D eigenvalue weighted by atomic mass is 9.78. The predicted molar refractivity (Wildman–Crippen MR) is 75.7 cm³/mol. The van der Waals surface area contributed by atoms with Crippen LogP contribution in [0.15, 0.2) is 0 Å². The third-order valence-electron chi connectivity index (χ3n) is 5.35. The number of hydrogen-bond acceptors (Lipinski definition) is 3. The molecule has 4 nitrogen and oxygen atoms in total. The molecule has 2 N–H and O–H groups in total. The van der Waals surface area contributed by atoms with Gasteiger partial charge in [0.25, 0.3) is 0 Å². The molecule has 4 heteroatoms. The standard InChI is InChI=1S/C15H27N3O/c16-14-5-3-4-12-10-18(11-13(12)14)15(19)6-9-17-7-1-2-8-17/h12-14H,1-11,16H2. The van der Waals surface area contributed by atoms with Crippen molar-refractivity contribution in [2.75, 3.05) is 32.7 Å². The van der Waals surface area contributed by atoms with Crippen LogP contribution < -0.4 is 5.73 Å². The van der Waals surface area contributed by atoms with Gasteiger partial charge in [-0.25, -0.2) is 0 Å². The predicted octanol–water partition coefficient (Wildman–Crippen LogP) is 1.06. The molecule has 2 aliphatic heterocycles. The number of likely N-dealkylation sites (tertiary alicyclic amines) is 2. The van der Waals surface area contributed by atoms with Gasteiger partial charge in [0, 0.05) is 32.1 Å². The average molecular weight is 265 g/mol. The zero-order valence-electron chi connectivity index (χ0n) is 11.9. The highest BCUT2D eigenvalue weighted by Crippen LogP contribution is 2.35. The normalized spacial score (nSPS) is 35.6. The van der Waals surface area contributed by atoms with Gasteiger partial charge in [-0.1, -0.05) is 6.42 Å². The van der Waals surface area contributed by atoms with Crippen LogP contribution in [0.1, 0.15) is 38.5 Å². The number of rotatable bonds is 3. The molecule has 1 aliphatic carbocycles. The summed E-state index contributed by atoms with van der Waals surface area (Å²) in [5.41, 5.74) is 6.21. The third-order valence-corrected chi connectivity index (χ3v) is 5.35. The quantitative estimate of drug-likeness (QED) is 0.830. The molecule has 1 amide bonds. The number of fused-ring (bicyclic) bond motifs is 1. The van der Waals surface area contributed by atoms with Gasteiger partial charge in [-0.15, -0.1) is 0 Å². The minimum atomic E-state index is 0.329. The maximum absolute atomic E-state index is 12.3. The van der Waals surface area contributed by atoms with Crippen molar-refractivity contribution in [1.82, 2.24) is 9.80 Å².